The summed E-state index contributed by atoms with van der Waals surface area (Å²) in [5, 5.41) is 0. The van der Waals surface area contributed by atoms with Crippen LogP contribution in [0, 0.1) is 0 Å². The number of hydrazine groups is 1. The number of amides is 2. The molecule has 0 saturated heterocycles. The van der Waals surface area contributed by atoms with Crippen LogP contribution < -0.4 is 16.2 Å². The average Bonchev–Trinajstić information content (AvgIpc) is 2.17. The number of nitrogens with two attached hydrogens (primary N) is 1. The third-order valence-electron chi connectivity index (χ3n) is 1.64. The van der Waals surface area contributed by atoms with Crippen LogP contribution in [-0.2, 0) is 0 Å². The summed E-state index contributed by atoms with van der Waals surface area (Å²) >= 11 is 3.30. The Kier molecular flexibility index (Phi) is 3.27. The molecule has 0 aromatic heterocycles. The molecule has 0 aliphatic rings. The van der Waals surface area contributed by atoms with Crippen LogP contribution in [0.4, 0.5) is 10.5 Å². The lowest BCUT2D eigenvalue weighted by Gasteiger charge is -2.15. The van der Waals surface area contributed by atoms with E-state index >= 15 is 0 Å². The van der Waals surface area contributed by atoms with Gasteiger partial charge < -0.3 is 0 Å². The number of hydrogen-bond acceptors (Lipinski definition) is 2. The summed E-state index contributed by atoms with van der Waals surface area (Å²) in [6, 6.07) is 7.01. The molecule has 0 unspecified atom stereocenters. The fourth-order valence-corrected chi connectivity index (χ4v) is 1.14. The first-order valence-electron chi connectivity index (χ1n) is 3.65. The van der Waals surface area contributed by atoms with E-state index in [0.717, 1.165) is 10.2 Å². The second kappa shape index (κ2) is 4.25. The van der Waals surface area contributed by atoms with Gasteiger partial charge in [0, 0.05) is 17.2 Å². The van der Waals surface area contributed by atoms with Crippen molar-refractivity contribution in [2.24, 2.45) is 5.84 Å². The Bertz CT molecular complexity index is 299. The highest BCUT2D eigenvalue weighted by Crippen LogP contribution is 2.16. The molecule has 1 aromatic carbocycles. The van der Waals surface area contributed by atoms with E-state index in [9.17, 15) is 4.79 Å². The van der Waals surface area contributed by atoms with Gasteiger partial charge in [0.15, 0.2) is 0 Å². The summed E-state index contributed by atoms with van der Waals surface area (Å²) in [7, 11) is 1.64. The van der Waals surface area contributed by atoms with Crippen LogP contribution in [0.15, 0.2) is 28.7 Å². The molecule has 4 nitrogen and oxygen atoms in total. The fraction of sp³-hybridized carbons (Fsp3) is 0.125. The van der Waals surface area contributed by atoms with Crippen LogP contribution in [0.2, 0.25) is 0 Å². The summed E-state index contributed by atoms with van der Waals surface area (Å²) in [6.07, 6.45) is 0. The number of hydrogen-bond donors (Lipinski definition) is 2. The Morgan fingerprint density at radius 2 is 2.00 bits per heavy atom. The predicted molar refractivity (Wildman–Crippen MR) is 55.3 cm³/mol. The molecule has 0 radical (unpaired) electrons. The Morgan fingerprint density at radius 3 is 2.46 bits per heavy atom. The van der Waals surface area contributed by atoms with Crippen molar-refractivity contribution in [2.45, 2.75) is 0 Å². The number of nitrogens with zero attached hydrogens (tertiary/aromatic N) is 1. The van der Waals surface area contributed by atoms with Crippen LogP contribution in [0.25, 0.3) is 0 Å². The van der Waals surface area contributed by atoms with Crippen molar-refractivity contribution >= 4 is 27.6 Å². The van der Waals surface area contributed by atoms with E-state index in [0.29, 0.717) is 0 Å². The van der Waals surface area contributed by atoms with E-state index in [4.69, 9.17) is 5.84 Å². The highest BCUT2D eigenvalue weighted by atomic mass is 79.9. The number of carbonyl (C=O) groups is 1. The van der Waals surface area contributed by atoms with E-state index in [1.54, 1.807) is 7.05 Å². The van der Waals surface area contributed by atoms with E-state index in [2.05, 4.69) is 21.4 Å². The van der Waals surface area contributed by atoms with Gasteiger partial charge in [-0.15, -0.1) is 0 Å². The molecule has 0 atom stereocenters. The average molecular weight is 244 g/mol. The monoisotopic (exact) mass is 243 g/mol. The van der Waals surface area contributed by atoms with E-state index in [1.807, 2.05) is 24.3 Å². The minimum Gasteiger partial charge on any atom is -0.296 e. The van der Waals surface area contributed by atoms with Gasteiger partial charge in [-0.3, -0.25) is 10.3 Å². The van der Waals surface area contributed by atoms with Gasteiger partial charge in [0.25, 0.3) is 0 Å². The van der Waals surface area contributed by atoms with Gasteiger partial charge in [-0.1, -0.05) is 15.9 Å². The number of rotatable bonds is 1. The summed E-state index contributed by atoms with van der Waals surface area (Å²) in [5.41, 5.74) is 2.84. The molecule has 0 aliphatic heterocycles. The second-order valence-electron chi connectivity index (χ2n) is 2.48. The number of nitrogens with one attached hydrogen (secondary N) is 1. The highest BCUT2D eigenvalue weighted by molar-refractivity contribution is 9.10. The normalized spacial score (nSPS) is 9.46. The number of anilines is 1. The zero-order chi connectivity index (χ0) is 9.84. The second-order valence-corrected chi connectivity index (χ2v) is 3.40. The molecule has 0 saturated carbocycles. The summed E-state index contributed by atoms with van der Waals surface area (Å²) in [6.45, 7) is 0. The first-order valence-corrected chi connectivity index (χ1v) is 4.44. The standard InChI is InChI=1S/C8H10BrN3O/c1-12(8(13)11-10)7-4-2-6(9)3-5-7/h2-5H,10H2,1H3,(H,11,13). The third kappa shape index (κ3) is 2.43. The van der Waals surface area contributed by atoms with Gasteiger partial charge in [-0.2, -0.15) is 0 Å². The molecule has 0 aliphatic carbocycles. The van der Waals surface area contributed by atoms with Crippen molar-refractivity contribution in [1.82, 2.24) is 5.43 Å². The Hall–Kier alpha value is -1.07. The largest absolute Gasteiger partial charge is 0.335 e. The molecular formula is C8H10BrN3O. The Labute approximate surface area is 84.8 Å². The van der Waals surface area contributed by atoms with Crippen LogP contribution >= 0.6 is 15.9 Å². The molecule has 1 rings (SSSR count). The maximum absolute atomic E-state index is 11.1. The first kappa shape index (κ1) is 10.0. The lowest BCUT2D eigenvalue weighted by molar-refractivity contribution is 0.247. The lowest BCUT2D eigenvalue weighted by Crippen LogP contribution is -2.41. The zero-order valence-corrected chi connectivity index (χ0v) is 8.71. The van der Waals surface area contributed by atoms with E-state index < -0.39 is 0 Å². The minimum absolute atomic E-state index is 0.345. The van der Waals surface area contributed by atoms with Gasteiger partial charge in [0.2, 0.25) is 0 Å². The molecule has 0 spiro atoms. The van der Waals surface area contributed by atoms with Crippen molar-refractivity contribution in [3.05, 3.63) is 28.7 Å². The maximum Gasteiger partial charge on any atom is 0.335 e. The zero-order valence-electron chi connectivity index (χ0n) is 7.12. The van der Waals surface area contributed by atoms with E-state index in [-0.39, 0.29) is 6.03 Å². The van der Waals surface area contributed by atoms with Crippen molar-refractivity contribution < 1.29 is 4.79 Å². The Morgan fingerprint density at radius 1 is 1.46 bits per heavy atom. The van der Waals surface area contributed by atoms with Crippen LogP contribution in [0.1, 0.15) is 0 Å². The molecule has 0 bridgehead atoms. The Balaban J connectivity index is 2.83. The van der Waals surface area contributed by atoms with Crippen LogP contribution in [-0.4, -0.2) is 13.1 Å². The van der Waals surface area contributed by atoms with Crippen molar-refractivity contribution in [2.75, 3.05) is 11.9 Å². The first-order chi connectivity index (χ1) is 6.15. The molecule has 70 valence electrons. The van der Waals surface area contributed by atoms with Crippen LogP contribution in [0.5, 0.6) is 0 Å². The van der Waals surface area contributed by atoms with Crippen molar-refractivity contribution in [1.29, 1.82) is 0 Å². The topological polar surface area (TPSA) is 58.4 Å². The molecule has 1 aromatic rings. The summed E-state index contributed by atoms with van der Waals surface area (Å²) in [4.78, 5) is 12.5. The number of carbonyl (C=O) groups excluding carboxylic acids is 1. The predicted octanol–water partition coefficient (Wildman–Crippen LogP) is 1.47. The smallest absolute Gasteiger partial charge is 0.296 e. The number of halogens is 1. The maximum atomic E-state index is 11.1. The SMILES string of the molecule is CN(C(=O)NN)c1ccc(Br)cc1. The quantitative estimate of drug-likeness (QED) is 0.446. The lowest BCUT2D eigenvalue weighted by atomic mass is 10.3. The molecule has 5 heteroatoms. The number of urea groups is 1. The minimum atomic E-state index is -0.345. The number of benzene rings is 1. The van der Waals surface area contributed by atoms with Gasteiger partial charge in [-0.05, 0) is 24.3 Å². The van der Waals surface area contributed by atoms with Crippen molar-refractivity contribution in [3.8, 4) is 0 Å². The molecule has 0 heterocycles. The summed E-state index contributed by atoms with van der Waals surface area (Å²) in [5.74, 6) is 4.99. The molecule has 13 heavy (non-hydrogen) atoms. The molecular weight excluding hydrogens is 234 g/mol. The molecule has 0 fully saturated rings. The van der Waals surface area contributed by atoms with Gasteiger partial charge in [0.05, 0.1) is 0 Å². The van der Waals surface area contributed by atoms with E-state index in [1.165, 1.54) is 4.90 Å². The highest BCUT2D eigenvalue weighted by Gasteiger charge is 2.07. The van der Waals surface area contributed by atoms with Gasteiger partial charge in [0.1, 0.15) is 0 Å². The third-order valence-corrected chi connectivity index (χ3v) is 2.17. The fourth-order valence-electron chi connectivity index (χ4n) is 0.879. The molecule has 3 N–H and O–H groups in total. The summed E-state index contributed by atoms with van der Waals surface area (Å²) < 4.78 is 0.970. The van der Waals surface area contributed by atoms with Crippen molar-refractivity contribution in [3.63, 3.8) is 0 Å². The molecule has 2 amide bonds. The van der Waals surface area contributed by atoms with Gasteiger partial charge in [-0.25, -0.2) is 10.6 Å². The van der Waals surface area contributed by atoms with Crippen LogP contribution in [0.3, 0.4) is 0 Å². The van der Waals surface area contributed by atoms with Gasteiger partial charge >= 0.3 is 6.03 Å².